The van der Waals surface area contributed by atoms with Crippen molar-refractivity contribution in [2.45, 2.75) is 6.54 Å². The number of nitrogens with one attached hydrogen (secondary N) is 2. The summed E-state index contributed by atoms with van der Waals surface area (Å²) in [7, 11) is 0. The maximum atomic E-state index is 12.0. The molecular formula is C21H15N3O. The van der Waals surface area contributed by atoms with Crippen molar-refractivity contribution in [2.75, 3.05) is 0 Å². The van der Waals surface area contributed by atoms with E-state index in [1.165, 1.54) is 0 Å². The summed E-state index contributed by atoms with van der Waals surface area (Å²) in [6.45, 7) is 0.518. The van der Waals surface area contributed by atoms with Gasteiger partial charge < -0.3 is 10.3 Å². The number of rotatable bonds is 2. The first-order chi connectivity index (χ1) is 12.3. The Balaban J connectivity index is 1.66. The number of hydrogen-bond acceptors (Lipinski definition) is 2. The van der Waals surface area contributed by atoms with Crippen molar-refractivity contribution in [3.63, 3.8) is 0 Å². The second-order valence-electron chi connectivity index (χ2n) is 6.21. The SMILES string of the molecule is O=C1NCc2nc3c(ccc4c[nH]c(/C=C/c5ccccc5)cc43)c21. The Kier molecular flexibility index (Phi) is 2.97. The van der Waals surface area contributed by atoms with E-state index in [0.717, 1.165) is 44.2 Å². The predicted molar refractivity (Wildman–Crippen MR) is 100 cm³/mol. The lowest BCUT2D eigenvalue weighted by molar-refractivity contribution is 0.0967. The first-order valence-electron chi connectivity index (χ1n) is 8.25. The number of carbonyl (C=O) groups excluding carboxylic acids is 1. The van der Waals surface area contributed by atoms with Crippen molar-refractivity contribution in [3.8, 4) is 0 Å². The highest BCUT2D eigenvalue weighted by molar-refractivity contribution is 6.16. The van der Waals surface area contributed by atoms with Crippen LogP contribution in [-0.4, -0.2) is 15.9 Å². The van der Waals surface area contributed by atoms with Crippen LogP contribution in [0.2, 0.25) is 0 Å². The van der Waals surface area contributed by atoms with Gasteiger partial charge in [-0.2, -0.15) is 0 Å². The fraction of sp³-hybridized carbons (Fsp3) is 0.0476. The van der Waals surface area contributed by atoms with Crippen LogP contribution in [0.25, 0.3) is 33.8 Å². The highest BCUT2D eigenvalue weighted by atomic mass is 16.1. The van der Waals surface area contributed by atoms with E-state index in [1.54, 1.807) is 0 Å². The first kappa shape index (κ1) is 14.0. The van der Waals surface area contributed by atoms with E-state index in [2.05, 4.69) is 40.7 Å². The van der Waals surface area contributed by atoms with E-state index < -0.39 is 0 Å². The number of nitrogens with zero attached hydrogens (tertiary/aromatic N) is 1. The largest absolute Gasteiger partial charge is 0.361 e. The molecule has 3 heterocycles. The number of pyridine rings is 1. The molecule has 0 unspecified atom stereocenters. The third-order valence-corrected chi connectivity index (χ3v) is 4.65. The molecule has 4 aromatic rings. The van der Waals surface area contributed by atoms with Crippen molar-refractivity contribution in [1.82, 2.24) is 15.3 Å². The molecule has 2 aromatic heterocycles. The molecule has 4 nitrogen and oxygen atoms in total. The maximum Gasteiger partial charge on any atom is 0.254 e. The Bertz CT molecular complexity index is 1160. The first-order valence-corrected chi connectivity index (χ1v) is 8.25. The van der Waals surface area contributed by atoms with Crippen LogP contribution in [0.4, 0.5) is 0 Å². The fourth-order valence-electron chi connectivity index (χ4n) is 3.41. The molecule has 1 aliphatic heterocycles. The minimum absolute atomic E-state index is 0.0245. The van der Waals surface area contributed by atoms with Gasteiger partial charge in [0.2, 0.25) is 0 Å². The van der Waals surface area contributed by atoms with Gasteiger partial charge in [0.25, 0.3) is 5.91 Å². The van der Waals surface area contributed by atoms with Gasteiger partial charge in [0.05, 0.1) is 23.3 Å². The summed E-state index contributed by atoms with van der Waals surface area (Å²) in [6.07, 6.45) is 6.11. The van der Waals surface area contributed by atoms with E-state index in [1.807, 2.05) is 36.5 Å². The van der Waals surface area contributed by atoms with Gasteiger partial charge in [-0.1, -0.05) is 48.5 Å². The summed E-state index contributed by atoms with van der Waals surface area (Å²) in [5.41, 5.74) is 4.63. The minimum atomic E-state index is -0.0245. The molecule has 2 N–H and O–H groups in total. The molecule has 5 rings (SSSR count). The van der Waals surface area contributed by atoms with Crippen molar-refractivity contribution < 1.29 is 4.79 Å². The van der Waals surface area contributed by atoms with Gasteiger partial charge >= 0.3 is 0 Å². The van der Waals surface area contributed by atoms with E-state index in [0.29, 0.717) is 6.54 Å². The zero-order valence-corrected chi connectivity index (χ0v) is 13.4. The standard InChI is InChI=1S/C21H15N3O/c25-21-19-16-9-7-14-11-22-15(8-6-13-4-2-1-3-5-13)10-17(14)20(16)24-18(19)12-23-21/h1-11,22H,12H2,(H,23,25)/b8-6+. The van der Waals surface area contributed by atoms with E-state index in [-0.39, 0.29) is 5.91 Å². The molecule has 2 aromatic carbocycles. The van der Waals surface area contributed by atoms with Crippen LogP contribution in [0.1, 0.15) is 27.3 Å². The minimum Gasteiger partial charge on any atom is -0.361 e. The van der Waals surface area contributed by atoms with Gasteiger partial charge in [-0.15, -0.1) is 0 Å². The molecule has 0 spiro atoms. The van der Waals surface area contributed by atoms with Gasteiger partial charge in [0.15, 0.2) is 0 Å². The predicted octanol–water partition coefficient (Wildman–Crippen LogP) is 4.13. The summed E-state index contributed by atoms with van der Waals surface area (Å²) in [5, 5.41) is 5.91. The molecule has 4 heteroatoms. The van der Waals surface area contributed by atoms with Crippen LogP contribution in [-0.2, 0) is 6.54 Å². The van der Waals surface area contributed by atoms with Crippen LogP contribution in [0.15, 0.2) is 54.7 Å². The Hall–Kier alpha value is -3.40. The summed E-state index contributed by atoms with van der Waals surface area (Å²) in [5.74, 6) is -0.0245. The zero-order chi connectivity index (χ0) is 16.8. The highest BCUT2D eigenvalue weighted by Crippen LogP contribution is 2.31. The molecule has 25 heavy (non-hydrogen) atoms. The van der Waals surface area contributed by atoms with Gasteiger partial charge in [0, 0.05) is 22.7 Å². The third-order valence-electron chi connectivity index (χ3n) is 4.65. The summed E-state index contributed by atoms with van der Waals surface area (Å²) in [6, 6.07) is 16.3. The molecule has 120 valence electrons. The van der Waals surface area contributed by atoms with E-state index >= 15 is 0 Å². The Labute approximate surface area is 144 Å². The maximum absolute atomic E-state index is 12.0. The zero-order valence-electron chi connectivity index (χ0n) is 13.4. The quantitative estimate of drug-likeness (QED) is 0.582. The van der Waals surface area contributed by atoms with Gasteiger partial charge in [-0.25, -0.2) is 4.98 Å². The van der Waals surface area contributed by atoms with Crippen LogP contribution >= 0.6 is 0 Å². The van der Waals surface area contributed by atoms with Crippen molar-refractivity contribution in [1.29, 1.82) is 0 Å². The number of aromatic nitrogens is 2. The van der Waals surface area contributed by atoms with Crippen LogP contribution in [0.5, 0.6) is 0 Å². The molecule has 1 aliphatic rings. The van der Waals surface area contributed by atoms with Crippen LogP contribution in [0.3, 0.4) is 0 Å². The van der Waals surface area contributed by atoms with Crippen LogP contribution < -0.4 is 5.32 Å². The Morgan fingerprint density at radius 2 is 1.88 bits per heavy atom. The monoisotopic (exact) mass is 325 g/mol. The molecule has 0 saturated heterocycles. The smallest absolute Gasteiger partial charge is 0.254 e. The fourth-order valence-corrected chi connectivity index (χ4v) is 3.41. The molecule has 0 atom stereocenters. The van der Waals surface area contributed by atoms with Crippen molar-refractivity contribution in [3.05, 3.63) is 77.2 Å². The summed E-state index contributed by atoms with van der Waals surface area (Å²) in [4.78, 5) is 20.1. The Morgan fingerprint density at radius 1 is 1.00 bits per heavy atom. The molecule has 0 saturated carbocycles. The van der Waals surface area contributed by atoms with Crippen LogP contribution in [0, 0.1) is 0 Å². The van der Waals surface area contributed by atoms with Gasteiger partial charge in [-0.3, -0.25) is 4.79 Å². The lowest BCUT2D eigenvalue weighted by Gasteiger charge is -2.03. The lowest BCUT2D eigenvalue weighted by atomic mass is 10.1. The van der Waals surface area contributed by atoms with Crippen molar-refractivity contribution in [2.24, 2.45) is 0 Å². The molecule has 0 bridgehead atoms. The highest BCUT2D eigenvalue weighted by Gasteiger charge is 2.25. The summed E-state index contributed by atoms with van der Waals surface area (Å²) >= 11 is 0. The summed E-state index contributed by atoms with van der Waals surface area (Å²) < 4.78 is 0. The van der Waals surface area contributed by atoms with Crippen molar-refractivity contribution >= 4 is 39.7 Å². The number of benzene rings is 2. The molecule has 0 fully saturated rings. The van der Waals surface area contributed by atoms with Gasteiger partial charge in [0.1, 0.15) is 0 Å². The topological polar surface area (TPSA) is 57.8 Å². The number of aromatic amines is 1. The number of hydrogen-bond donors (Lipinski definition) is 2. The second kappa shape index (κ2) is 5.31. The third kappa shape index (κ3) is 2.22. The second-order valence-corrected chi connectivity index (χ2v) is 6.21. The molecule has 0 radical (unpaired) electrons. The molecule has 1 amide bonds. The molecular weight excluding hydrogens is 310 g/mol. The normalized spacial score (nSPS) is 13.7. The average Bonchev–Trinajstić information content (AvgIpc) is 3.21. The van der Waals surface area contributed by atoms with E-state index in [4.69, 9.17) is 4.98 Å². The lowest BCUT2D eigenvalue weighted by Crippen LogP contribution is -2.13. The molecule has 0 aliphatic carbocycles. The Morgan fingerprint density at radius 3 is 2.76 bits per heavy atom. The average molecular weight is 325 g/mol. The van der Waals surface area contributed by atoms with E-state index in [9.17, 15) is 4.79 Å². The number of fused-ring (bicyclic) bond motifs is 5. The number of amides is 1. The van der Waals surface area contributed by atoms with Gasteiger partial charge in [-0.05, 0) is 23.1 Å². The number of carbonyl (C=O) groups is 1. The number of H-pyrrole nitrogens is 1.